The van der Waals surface area contributed by atoms with Gasteiger partial charge in [-0.05, 0) is 37.5 Å². The zero-order valence-electron chi connectivity index (χ0n) is 10.8. The molecule has 0 saturated carbocycles. The van der Waals surface area contributed by atoms with E-state index in [0.717, 1.165) is 18.9 Å². The normalized spacial score (nSPS) is 20.9. The van der Waals surface area contributed by atoms with E-state index >= 15 is 0 Å². The molecule has 5 nitrogen and oxygen atoms in total. The summed E-state index contributed by atoms with van der Waals surface area (Å²) in [5, 5.41) is 0. The standard InChI is InChI=1S/C13H15FN2O3S/c14-11-5-4-6-12(9-11)20(18,19)16-8-3-1-2-7-13(16)15-10-17/h4-6,9,13H,1-3,7-8H2. The molecule has 0 aromatic heterocycles. The summed E-state index contributed by atoms with van der Waals surface area (Å²) >= 11 is 0. The summed E-state index contributed by atoms with van der Waals surface area (Å²) < 4.78 is 39.5. The molecule has 0 aliphatic carbocycles. The van der Waals surface area contributed by atoms with Gasteiger partial charge in [0.05, 0.1) is 4.90 Å². The highest BCUT2D eigenvalue weighted by molar-refractivity contribution is 7.89. The van der Waals surface area contributed by atoms with Gasteiger partial charge in [-0.2, -0.15) is 9.30 Å². The Labute approximate surface area is 117 Å². The first-order valence-corrected chi connectivity index (χ1v) is 7.84. The minimum atomic E-state index is -3.86. The van der Waals surface area contributed by atoms with Crippen LogP contribution in [0.5, 0.6) is 0 Å². The van der Waals surface area contributed by atoms with Gasteiger partial charge in [0.1, 0.15) is 12.0 Å². The molecule has 0 amide bonds. The number of nitrogens with zero attached hydrogens (tertiary/aromatic N) is 2. The maximum absolute atomic E-state index is 13.2. The molecule has 1 unspecified atom stereocenters. The molecule has 0 spiro atoms. The summed E-state index contributed by atoms with van der Waals surface area (Å²) in [7, 11) is -3.86. The predicted octanol–water partition coefficient (Wildman–Crippen LogP) is 2.05. The lowest BCUT2D eigenvalue weighted by molar-refractivity contribution is 0.330. The minimum absolute atomic E-state index is 0.120. The third-order valence-electron chi connectivity index (χ3n) is 3.28. The van der Waals surface area contributed by atoms with Crippen molar-refractivity contribution in [3.8, 4) is 0 Å². The molecule has 1 saturated heterocycles. The second-order valence-corrected chi connectivity index (χ2v) is 6.51. The van der Waals surface area contributed by atoms with Crippen molar-refractivity contribution in [3.63, 3.8) is 0 Å². The molecule has 0 radical (unpaired) electrons. The van der Waals surface area contributed by atoms with Gasteiger partial charge in [0.25, 0.3) is 0 Å². The monoisotopic (exact) mass is 298 g/mol. The summed E-state index contributed by atoms with van der Waals surface area (Å²) in [6.07, 6.45) is 3.52. The molecule has 1 atom stereocenters. The molecule has 1 heterocycles. The summed E-state index contributed by atoms with van der Waals surface area (Å²) in [4.78, 5) is 13.9. The fourth-order valence-corrected chi connectivity index (χ4v) is 3.92. The van der Waals surface area contributed by atoms with Gasteiger partial charge in [0, 0.05) is 6.54 Å². The van der Waals surface area contributed by atoms with E-state index < -0.39 is 22.0 Å². The molecule has 1 aliphatic heterocycles. The molecular formula is C13H15FN2O3S. The lowest BCUT2D eigenvalue weighted by atomic mass is 10.2. The Bertz CT molecular complexity index is 626. The van der Waals surface area contributed by atoms with Crippen LogP contribution in [0.1, 0.15) is 25.7 Å². The number of carbonyl (C=O) groups excluding carboxylic acids is 1. The fraction of sp³-hybridized carbons (Fsp3) is 0.462. The van der Waals surface area contributed by atoms with Crippen LogP contribution in [0.25, 0.3) is 0 Å². The lowest BCUT2D eigenvalue weighted by Gasteiger charge is -2.25. The Balaban J connectivity index is 2.41. The summed E-state index contributed by atoms with van der Waals surface area (Å²) in [5.41, 5.74) is 0. The maximum atomic E-state index is 13.2. The van der Waals surface area contributed by atoms with Crippen LogP contribution in [0.2, 0.25) is 0 Å². The van der Waals surface area contributed by atoms with Crippen molar-refractivity contribution in [1.82, 2.24) is 4.31 Å². The van der Waals surface area contributed by atoms with E-state index in [1.807, 2.05) is 0 Å². The minimum Gasteiger partial charge on any atom is -0.211 e. The first-order chi connectivity index (χ1) is 9.55. The number of halogens is 1. The van der Waals surface area contributed by atoms with Crippen LogP contribution in [-0.4, -0.2) is 31.5 Å². The average molecular weight is 298 g/mol. The highest BCUT2D eigenvalue weighted by atomic mass is 32.2. The molecule has 20 heavy (non-hydrogen) atoms. The molecule has 0 bridgehead atoms. The van der Waals surface area contributed by atoms with Gasteiger partial charge in [-0.25, -0.2) is 17.6 Å². The van der Waals surface area contributed by atoms with Crippen molar-refractivity contribution in [2.75, 3.05) is 6.54 Å². The number of rotatable bonds is 3. The van der Waals surface area contributed by atoms with E-state index in [2.05, 4.69) is 4.99 Å². The summed E-state index contributed by atoms with van der Waals surface area (Å²) in [6.45, 7) is 0.273. The average Bonchev–Trinajstić information content (AvgIpc) is 2.65. The van der Waals surface area contributed by atoms with Gasteiger partial charge in [0.15, 0.2) is 0 Å². The second-order valence-electron chi connectivity index (χ2n) is 4.62. The number of hydrogen-bond donors (Lipinski definition) is 0. The third kappa shape index (κ3) is 3.12. The van der Waals surface area contributed by atoms with Crippen molar-refractivity contribution >= 4 is 16.1 Å². The number of aliphatic imine (C=N–C) groups is 1. The van der Waals surface area contributed by atoms with Crippen LogP contribution in [-0.2, 0) is 14.8 Å². The Morgan fingerprint density at radius 2 is 2.10 bits per heavy atom. The Hall–Kier alpha value is -1.56. The zero-order valence-corrected chi connectivity index (χ0v) is 11.6. The Kier molecular flexibility index (Phi) is 4.65. The van der Waals surface area contributed by atoms with Crippen molar-refractivity contribution in [2.24, 2.45) is 4.99 Å². The van der Waals surface area contributed by atoms with Crippen LogP contribution in [0.3, 0.4) is 0 Å². The van der Waals surface area contributed by atoms with Crippen molar-refractivity contribution in [1.29, 1.82) is 0 Å². The maximum Gasteiger partial charge on any atom is 0.245 e. The predicted molar refractivity (Wildman–Crippen MR) is 70.7 cm³/mol. The summed E-state index contributed by atoms with van der Waals surface area (Å²) in [5.74, 6) is -0.615. The van der Waals surface area contributed by atoms with E-state index in [1.54, 1.807) is 0 Å². The topological polar surface area (TPSA) is 66.8 Å². The largest absolute Gasteiger partial charge is 0.245 e. The van der Waals surface area contributed by atoms with Gasteiger partial charge < -0.3 is 0 Å². The van der Waals surface area contributed by atoms with Gasteiger partial charge in [-0.3, -0.25) is 0 Å². The highest BCUT2D eigenvalue weighted by Gasteiger charge is 2.32. The van der Waals surface area contributed by atoms with Gasteiger partial charge in [0.2, 0.25) is 16.1 Å². The van der Waals surface area contributed by atoms with E-state index in [4.69, 9.17) is 0 Å². The number of benzene rings is 1. The number of isocyanates is 1. The fourth-order valence-electron chi connectivity index (χ4n) is 2.30. The Morgan fingerprint density at radius 3 is 2.80 bits per heavy atom. The lowest BCUT2D eigenvalue weighted by Crippen LogP contribution is -2.38. The van der Waals surface area contributed by atoms with Gasteiger partial charge in [-0.15, -0.1) is 0 Å². The first-order valence-electron chi connectivity index (χ1n) is 6.40. The molecule has 7 heteroatoms. The first kappa shape index (κ1) is 14.8. The van der Waals surface area contributed by atoms with Crippen LogP contribution >= 0.6 is 0 Å². The molecular weight excluding hydrogens is 283 g/mol. The molecule has 0 N–H and O–H groups in total. The number of sulfonamides is 1. The second kappa shape index (κ2) is 6.26. The van der Waals surface area contributed by atoms with Crippen molar-refractivity contribution < 1.29 is 17.6 Å². The zero-order chi connectivity index (χ0) is 14.6. The molecule has 1 aromatic carbocycles. The SMILES string of the molecule is O=C=NC1CCCCCN1S(=O)(=O)c1cccc(F)c1. The van der Waals surface area contributed by atoms with Gasteiger partial charge in [-0.1, -0.05) is 12.5 Å². The van der Waals surface area contributed by atoms with Crippen molar-refractivity contribution in [3.05, 3.63) is 30.1 Å². The highest BCUT2D eigenvalue weighted by Crippen LogP contribution is 2.25. The van der Waals surface area contributed by atoms with Crippen LogP contribution in [0.4, 0.5) is 4.39 Å². The molecule has 1 fully saturated rings. The Morgan fingerprint density at radius 1 is 1.30 bits per heavy atom. The molecule has 2 rings (SSSR count). The molecule has 1 aliphatic rings. The van der Waals surface area contributed by atoms with E-state index in [-0.39, 0.29) is 11.4 Å². The van der Waals surface area contributed by atoms with Crippen molar-refractivity contribution in [2.45, 2.75) is 36.7 Å². The van der Waals surface area contributed by atoms with E-state index in [1.165, 1.54) is 28.6 Å². The van der Waals surface area contributed by atoms with E-state index in [0.29, 0.717) is 12.8 Å². The van der Waals surface area contributed by atoms with Crippen LogP contribution in [0.15, 0.2) is 34.2 Å². The molecule has 1 aromatic rings. The molecule has 108 valence electrons. The quantitative estimate of drug-likeness (QED) is 0.633. The summed E-state index contributed by atoms with van der Waals surface area (Å²) in [6, 6.07) is 4.84. The third-order valence-corrected chi connectivity index (χ3v) is 5.17. The van der Waals surface area contributed by atoms with Crippen LogP contribution < -0.4 is 0 Å². The van der Waals surface area contributed by atoms with Gasteiger partial charge >= 0.3 is 0 Å². The smallest absolute Gasteiger partial charge is 0.211 e. The van der Waals surface area contributed by atoms with Crippen LogP contribution in [0, 0.1) is 5.82 Å². The number of hydrogen-bond acceptors (Lipinski definition) is 4. The van der Waals surface area contributed by atoms with E-state index in [9.17, 15) is 17.6 Å².